The van der Waals surface area contributed by atoms with Crippen LogP contribution >= 0.6 is 0 Å². The lowest BCUT2D eigenvalue weighted by Crippen LogP contribution is -2.49. The maximum absolute atomic E-state index is 12.5. The van der Waals surface area contributed by atoms with Gasteiger partial charge in [0.15, 0.2) is 0 Å². The fourth-order valence-corrected chi connectivity index (χ4v) is 3.68. The molecule has 2 aliphatic rings. The summed E-state index contributed by atoms with van der Waals surface area (Å²) in [5.41, 5.74) is -0.725. The number of rotatable bonds is 4. The Labute approximate surface area is 139 Å². The number of likely N-dealkylation sites (tertiary alicyclic amines) is 1. The fraction of sp³-hybridized carbons (Fsp3) is 0.625. The maximum Gasteiger partial charge on any atom is 0.253 e. The van der Waals surface area contributed by atoms with E-state index in [0.29, 0.717) is 32.7 Å². The monoisotopic (exact) mass is 334 g/mol. The third-order valence-electron chi connectivity index (χ3n) is 5.10. The molecule has 3 rings (SSSR count). The average molecular weight is 334 g/mol. The molecule has 8 nitrogen and oxygen atoms in total. The van der Waals surface area contributed by atoms with E-state index in [1.165, 1.54) is 23.2 Å². The van der Waals surface area contributed by atoms with Gasteiger partial charge in [0, 0.05) is 57.9 Å². The largest absolute Gasteiger partial charge is 0.381 e. The van der Waals surface area contributed by atoms with E-state index in [1.807, 2.05) is 0 Å². The van der Waals surface area contributed by atoms with Crippen molar-refractivity contribution in [2.45, 2.75) is 19.4 Å². The van der Waals surface area contributed by atoms with Gasteiger partial charge >= 0.3 is 0 Å². The Morgan fingerprint density at radius 3 is 3.08 bits per heavy atom. The molecule has 1 aromatic heterocycles. The average Bonchev–Trinajstić information content (AvgIpc) is 3.01. The molecule has 2 fully saturated rings. The van der Waals surface area contributed by atoms with Crippen molar-refractivity contribution in [2.75, 3.05) is 33.4 Å². The van der Waals surface area contributed by atoms with Gasteiger partial charge in [0.05, 0.1) is 18.3 Å². The Bertz CT molecular complexity index is 689. The van der Waals surface area contributed by atoms with Crippen LogP contribution in [0.25, 0.3) is 0 Å². The number of aromatic nitrogens is 2. The molecule has 2 atom stereocenters. The minimum atomic E-state index is -0.548. The number of carbonyl (C=O) groups excluding carboxylic acids is 2. The summed E-state index contributed by atoms with van der Waals surface area (Å²) in [5, 5.41) is 2.74. The smallest absolute Gasteiger partial charge is 0.253 e. The van der Waals surface area contributed by atoms with E-state index in [9.17, 15) is 14.4 Å². The van der Waals surface area contributed by atoms with Crippen molar-refractivity contribution in [1.29, 1.82) is 0 Å². The number of fused-ring (bicyclic) bond motifs is 1. The zero-order valence-corrected chi connectivity index (χ0v) is 13.7. The topological polar surface area (TPSA) is 93.5 Å². The first-order chi connectivity index (χ1) is 11.6. The molecule has 2 aliphatic heterocycles. The summed E-state index contributed by atoms with van der Waals surface area (Å²) in [6, 6.07) is 1.37. The summed E-state index contributed by atoms with van der Waals surface area (Å²) >= 11 is 0. The Kier molecular flexibility index (Phi) is 4.66. The van der Waals surface area contributed by atoms with E-state index in [4.69, 9.17) is 4.74 Å². The molecule has 0 spiro atoms. The van der Waals surface area contributed by atoms with Crippen LogP contribution < -0.4 is 10.9 Å². The van der Waals surface area contributed by atoms with Crippen molar-refractivity contribution in [3.8, 4) is 0 Å². The molecular weight excluding hydrogens is 312 g/mol. The highest BCUT2D eigenvalue weighted by molar-refractivity contribution is 5.85. The highest BCUT2D eigenvalue weighted by Gasteiger charge is 2.54. The van der Waals surface area contributed by atoms with Gasteiger partial charge in [-0.15, -0.1) is 0 Å². The standard InChI is InChI=1S/C16H22N4O4/c1-17-15(23)16-4-7-24-9-12(16)8-20(10-16)14(22)3-6-19-11-18-5-2-13(19)21/h2,5,11-12H,3-4,6-10H2,1H3,(H,17,23)/t12-,16+/m1/s1. The van der Waals surface area contributed by atoms with Gasteiger partial charge in [0.1, 0.15) is 0 Å². The minimum Gasteiger partial charge on any atom is -0.381 e. The molecule has 0 aromatic carbocycles. The second-order valence-electron chi connectivity index (χ2n) is 6.39. The number of nitrogens with one attached hydrogen (secondary N) is 1. The van der Waals surface area contributed by atoms with E-state index in [1.54, 1.807) is 11.9 Å². The quantitative estimate of drug-likeness (QED) is 0.782. The molecule has 2 amide bonds. The first-order valence-corrected chi connectivity index (χ1v) is 8.15. The van der Waals surface area contributed by atoms with Gasteiger partial charge in [-0.25, -0.2) is 4.98 Å². The Morgan fingerprint density at radius 1 is 1.50 bits per heavy atom. The number of amides is 2. The zero-order chi connectivity index (χ0) is 17.2. The van der Waals surface area contributed by atoms with Gasteiger partial charge < -0.3 is 15.0 Å². The summed E-state index contributed by atoms with van der Waals surface area (Å²) in [6.07, 6.45) is 3.70. The van der Waals surface area contributed by atoms with Crippen molar-refractivity contribution < 1.29 is 14.3 Å². The predicted octanol–water partition coefficient (Wildman–Crippen LogP) is -0.755. The lowest BCUT2D eigenvalue weighted by Gasteiger charge is -2.36. The highest BCUT2D eigenvalue weighted by atomic mass is 16.5. The number of hydrogen-bond acceptors (Lipinski definition) is 5. The minimum absolute atomic E-state index is 0.0189. The van der Waals surface area contributed by atoms with Crippen LogP contribution in [0.3, 0.4) is 0 Å². The molecule has 8 heteroatoms. The maximum atomic E-state index is 12.5. The number of hydrogen-bond donors (Lipinski definition) is 1. The summed E-state index contributed by atoms with van der Waals surface area (Å²) in [7, 11) is 1.63. The van der Waals surface area contributed by atoms with Crippen molar-refractivity contribution in [1.82, 2.24) is 19.8 Å². The second kappa shape index (κ2) is 6.72. The van der Waals surface area contributed by atoms with Crippen LogP contribution in [0, 0.1) is 11.3 Å². The Hall–Kier alpha value is -2.22. The first kappa shape index (κ1) is 16.6. The van der Waals surface area contributed by atoms with Gasteiger partial charge in [-0.1, -0.05) is 0 Å². The van der Waals surface area contributed by atoms with Gasteiger partial charge in [-0.2, -0.15) is 0 Å². The number of ether oxygens (including phenoxy) is 1. The molecule has 0 saturated carbocycles. The van der Waals surface area contributed by atoms with E-state index >= 15 is 0 Å². The van der Waals surface area contributed by atoms with E-state index in [2.05, 4.69) is 10.3 Å². The Morgan fingerprint density at radius 2 is 2.33 bits per heavy atom. The van der Waals surface area contributed by atoms with Crippen LogP contribution in [0.2, 0.25) is 0 Å². The zero-order valence-electron chi connectivity index (χ0n) is 13.7. The summed E-state index contributed by atoms with van der Waals surface area (Å²) < 4.78 is 6.92. The predicted molar refractivity (Wildman–Crippen MR) is 85.1 cm³/mol. The van der Waals surface area contributed by atoms with Crippen molar-refractivity contribution in [3.63, 3.8) is 0 Å². The van der Waals surface area contributed by atoms with E-state index < -0.39 is 5.41 Å². The van der Waals surface area contributed by atoms with Gasteiger partial charge in [0.25, 0.3) is 5.56 Å². The van der Waals surface area contributed by atoms with Gasteiger partial charge in [-0.05, 0) is 6.42 Å². The number of aryl methyl sites for hydroxylation is 1. The third-order valence-corrected chi connectivity index (χ3v) is 5.10. The lowest BCUT2D eigenvalue weighted by atomic mass is 9.73. The van der Waals surface area contributed by atoms with E-state index in [-0.39, 0.29) is 36.3 Å². The molecule has 24 heavy (non-hydrogen) atoms. The molecule has 3 heterocycles. The molecule has 0 aliphatic carbocycles. The van der Waals surface area contributed by atoms with Gasteiger partial charge in [-0.3, -0.25) is 19.0 Å². The van der Waals surface area contributed by atoms with E-state index in [0.717, 1.165) is 0 Å². The molecular formula is C16H22N4O4. The van der Waals surface area contributed by atoms with Crippen LogP contribution in [0.4, 0.5) is 0 Å². The molecule has 0 unspecified atom stereocenters. The van der Waals surface area contributed by atoms with Gasteiger partial charge in [0.2, 0.25) is 11.8 Å². The lowest BCUT2D eigenvalue weighted by molar-refractivity contribution is -0.139. The number of nitrogens with zero attached hydrogens (tertiary/aromatic N) is 3. The van der Waals surface area contributed by atoms with Crippen molar-refractivity contribution >= 4 is 11.8 Å². The summed E-state index contributed by atoms with van der Waals surface area (Å²) in [4.78, 5) is 42.2. The highest BCUT2D eigenvalue weighted by Crippen LogP contribution is 2.42. The molecule has 0 radical (unpaired) electrons. The summed E-state index contributed by atoms with van der Waals surface area (Å²) in [5.74, 6) is -0.0470. The normalized spacial score (nSPS) is 26.0. The first-order valence-electron chi connectivity index (χ1n) is 8.15. The van der Waals surface area contributed by atoms with Crippen LogP contribution in [-0.4, -0.2) is 59.6 Å². The van der Waals surface area contributed by atoms with Crippen molar-refractivity contribution in [3.05, 3.63) is 28.9 Å². The SMILES string of the molecule is CNC(=O)[C@]12CCOC[C@H]1CN(C(=O)CCn1cnccc1=O)C2. The number of carbonyl (C=O) groups is 2. The van der Waals surface area contributed by atoms with Crippen LogP contribution in [0.15, 0.2) is 23.4 Å². The molecule has 1 N–H and O–H groups in total. The fourth-order valence-electron chi connectivity index (χ4n) is 3.68. The van der Waals surface area contributed by atoms with Crippen LogP contribution in [0.1, 0.15) is 12.8 Å². The summed E-state index contributed by atoms with van der Waals surface area (Å²) in [6.45, 7) is 2.27. The molecule has 2 saturated heterocycles. The second-order valence-corrected chi connectivity index (χ2v) is 6.39. The van der Waals surface area contributed by atoms with Crippen LogP contribution in [0.5, 0.6) is 0 Å². The van der Waals surface area contributed by atoms with Crippen LogP contribution in [-0.2, 0) is 20.9 Å². The molecule has 0 bridgehead atoms. The third kappa shape index (κ3) is 2.93. The molecule has 130 valence electrons. The molecule has 1 aromatic rings. The van der Waals surface area contributed by atoms with Crippen molar-refractivity contribution in [2.24, 2.45) is 11.3 Å². The Balaban J connectivity index is 1.67.